The molecule has 0 fully saturated rings. The lowest BCUT2D eigenvalue weighted by molar-refractivity contribution is 0.410. The third kappa shape index (κ3) is 2.52. The third-order valence-electron chi connectivity index (χ3n) is 1.69. The van der Waals surface area contributed by atoms with Crippen molar-refractivity contribution in [3.63, 3.8) is 0 Å². The topological polar surface area (TPSA) is 52.3 Å². The predicted octanol–water partition coefficient (Wildman–Crippen LogP) is 0.901. The molecule has 0 amide bonds. The summed E-state index contributed by atoms with van der Waals surface area (Å²) < 4.78 is 29.5. The Morgan fingerprint density at radius 2 is 2.29 bits per heavy atom. The molecule has 0 saturated carbocycles. The Bertz CT molecular complexity index is 344. The van der Waals surface area contributed by atoms with Crippen molar-refractivity contribution in [3.8, 4) is 5.75 Å². The zero-order chi connectivity index (χ0) is 10.6. The van der Waals surface area contributed by atoms with E-state index in [0.29, 0.717) is 5.75 Å². The standard InChI is InChI=1S/C9H12FNO2S/c1-13-7-2-3-9(8(10)6-7)14(12)5-4-11/h2-3,6H,4-5,11H2,1H3. The SMILES string of the molecule is COc1ccc(S(=O)CCN)c(F)c1. The van der Waals surface area contributed by atoms with Gasteiger partial charge in [-0.15, -0.1) is 0 Å². The molecule has 5 heteroatoms. The van der Waals surface area contributed by atoms with Crippen LogP contribution in [0.1, 0.15) is 0 Å². The van der Waals surface area contributed by atoms with E-state index in [0.717, 1.165) is 0 Å². The van der Waals surface area contributed by atoms with Crippen LogP contribution in [0, 0.1) is 5.82 Å². The fourth-order valence-corrected chi connectivity index (χ4v) is 1.94. The second kappa shape index (κ2) is 5.07. The van der Waals surface area contributed by atoms with Gasteiger partial charge in [-0.2, -0.15) is 0 Å². The van der Waals surface area contributed by atoms with Gasteiger partial charge in [0.05, 0.1) is 22.8 Å². The highest BCUT2D eigenvalue weighted by Crippen LogP contribution is 2.18. The van der Waals surface area contributed by atoms with Crippen LogP contribution in [0.3, 0.4) is 0 Å². The first-order valence-electron chi connectivity index (χ1n) is 4.11. The number of rotatable bonds is 4. The van der Waals surface area contributed by atoms with E-state index < -0.39 is 16.6 Å². The summed E-state index contributed by atoms with van der Waals surface area (Å²) in [7, 11) is 0.0889. The minimum absolute atomic E-state index is 0.177. The molecule has 2 N–H and O–H groups in total. The predicted molar refractivity (Wildman–Crippen MR) is 53.3 cm³/mol. The number of ether oxygens (including phenoxy) is 1. The summed E-state index contributed by atoms with van der Waals surface area (Å²) in [6.45, 7) is 0.276. The van der Waals surface area contributed by atoms with Crippen LogP contribution in [0.2, 0.25) is 0 Å². The Morgan fingerprint density at radius 3 is 2.79 bits per heavy atom. The highest BCUT2D eigenvalue weighted by Gasteiger charge is 2.09. The summed E-state index contributed by atoms with van der Waals surface area (Å²) >= 11 is 0. The zero-order valence-electron chi connectivity index (χ0n) is 7.83. The molecule has 1 rings (SSSR count). The smallest absolute Gasteiger partial charge is 0.143 e. The molecular formula is C9H12FNO2S. The summed E-state index contributed by atoms with van der Waals surface area (Å²) in [5, 5.41) is 0. The second-order valence-electron chi connectivity index (χ2n) is 2.63. The lowest BCUT2D eigenvalue weighted by Crippen LogP contribution is -2.11. The molecule has 3 nitrogen and oxygen atoms in total. The van der Waals surface area contributed by atoms with Crippen molar-refractivity contribution in [2.24, 2.45) is 5.73 Å². The van der Waals surface area contributed by atoms with Crippen molar-refractivity contribution in [1.82, 2.24) is 0 Å². The first kappa shape index (κ1) is 11.1. The minimum atomic E-state index is -1.36. The molecular weight excluding hydrogens is 205 g/mol. The van der Waals surface area contributed by atoms with Crippen molar-refractivity contribution in [2.45, 2.75) is 4.90 Å². The van der Waals surface area contributed by atoms with E-state index in [-0.39, 0.29) is 17.2 Å². The van der Waals surface area contributed by atoms with Crippen LogP contribution in [0.5, 0.6) is 5.75 Å². The number of halogens is 1. The molecule has 1 aromatic carbocycles. The van der Waals surface area contributed by atoms with Gasteiger partial charge in [0.2, 0.25) is 0 Å². The molecule has 1 atom stereocenters. The Balaban J connectivity index is 2.94. The van der Waals surface area contributed by atoms with E-state index in [9.17, 15) is 8.60 Å². The summed E-state index contributed by atoms with van der Waals surface area (Å²) in [5.74, 6) is 0.163. The molecule has 78 valence electrons. The van der Waals surface area contributed by atoms with E-state index in [1.54, 1.807) is 6.07 Å². The average Bonchev–Trinajstić information content (AvgIpc) is 2.17. The van der Waals surface area contributed by atoms with E-state index in [1.807, 2.05) is 0 Å². The molecule has 0 saturated heterocycles. The van der Waals surface area contributed by atoms with E-state index >= 15 is 0 Å². The maximum Gasteiger partial charge on any atom is 0.143 e. The molecule has 0 bridgehead atoms. The number of hydrogen-bond acceptors (Lipinski definition) is 3. The second-order valence-corrected chi connectivity index (χ2v) is 4.17. The van der Waals surface area contributed by atoms with Crippen LogP contribution in [0.15, 0.2) is 23.1 Å². The first-order valence-corrected chi connectivity index (χ1v) is 5.43. The highest BCUT2D eigenvalue weighted by atomic mass is 32.2. The highest BCUT2D eigenvalue weighted by molar-refractivity contribution is 7.85. The van der Waals surface area contributed by atoms with Gasteiger partial charge < -0.3 is 10.5 Å². The fraction of sp³-hybridized carbons (Fsp3) is 0.333. The van der Waals surface area contributed by atoms with Crippen LogP contribution in [-0.2, 0) is 10.8 Å². The number of benzene rings is 1. The summed E-state index contributed by atoms with van der Waals surface area (Å²) in [6, 6.07) is 4.25. The Morgan fingerprint density at radius 1 is 1.57 bits per heavy atom. The lowest BCUT2D eigenvalue weighted by Gasteiger charge is -2.04. The van der Waals surface area contributed by atoms with Crippen LogP contribution < -0.4 is 10.5 Å². The molecule has 14 heavy (non-hydrogen) atoms. The molecule has 0 radical (unpaired) electrons. The van der Waals surface area contributed by atoms with Crippen molar-refractivity contribution >= 4 is 10.8 Å². The monoisotopic (exact) mass is 217 g/mol. The number of nitrogens with two attached hydrogens (primary N) is 1. The van der Waals surface area contributed by atoms with Gasteiger partial charge in [0.25, 0.3) is 0 Å². The normalized spacial score (nSPS) is 12.5. The Labute approximate surface area is 84.5 Å². The lowest BCUT2D eigenvalue weighted by atomic mass is 10.3. The van der Waals surface area contributed by atoms with E-state index in [1.165, 1.54) is 19.2 Å². The number of hydrogen-bond donors (Lipinski definition) is 1. The molecule has 0 aliphatic carbocycles. The van der Waals surface area contributed by atoms with Gasteiger partial charge in [-0.3, -0.25) is 4.21 Å². The maximum atomic E-state index is 13.3. The molecule has 0 aliphatic heterocycles. The van der Waals surface area contributed by atoms with Crippen molar-refractivity contribution in [3.05, 3.63) is 24.0 Å². The summed E-state index contributed by atoms with van der Waals surface area (Å²) in [4.78, 5) is 0.177. The Kier molecular flexibility index (Phi) is 4.03. The minimum Gasteiger partial charge on any atom is -0.497 e. The van der Waals surface area contributed by atoms with Gasteiger partial charge in [0.15, 0.2) is 0 Å². The largest absolute Gasteiger partial charge is 0.497 e. The number of methoxy groups -OCH3 is 1. The maximum absolute atomic E-state index is 13.3. The molecule has 1 aromatic rings. The van der Waals surface area contributed by atoms with Crippen molar-refractivity contribution < 1.29 is 13.3 Å². The van der Waals surface area contributed by atoms with Crippen LogP contribution in [-0.4, -0.2) is 23.6 Å². The van der Waals surface area contributed by atoms with Gasteiger partial charge in [-0.25, -0.2) is 4.39 Å². The van der Waals surface area contributed by atoms with Crippen molar-refractivity contribution in [2.75, 3.05) is 19.4 Å². The van der Waals surface area contributed by atoms with Gasteiger partial charge in [-0.05, 0) is 12.1 Å². The Hall–Kier alpha value is -0.940. The molecule has 0 aliphatic rings. The van der Waals surface area contributed by atoms with Crippen LogP contribution in [0.25, 0.3) is 0 Å². The summed E-state index contributed by atoms with van der Waals surface area (Å²) in [6.07, 6.45) is 0. The molecule has 0 heterocycles. The third-order valence-corrected chi connectivity index (χ3v) is 3.12. The molecule has 0 aromatic heterocycles. The average molecular weight is 217 g/mol. The van der Waals surface area contributed by atoms with E-state index in [2.05, 4.69) is 0 Å². The quantitative estimate of drug-likeness (QED) is 0.815. The molecule has 0 spiro atoms. The molecule has 1 unspecified atom stereocenters. The van der Waals surface area contributed by atoms with Gasteiger partial charge in [0, 0.05) is 18.4 Å². The van der Waals surface area contributed by atoms with Crippen LogP contribution in [0.4, 0.5) is 4.39 Å². The van der Waals surface area contributed by atoms with Gasteiger partial charge in [0.1, 0.15) is 11.6 Å². The van der Waals surface area contributed by atoms with Crippen molar-refractivity contribution in [1.29, 1.82) is 0 Å². The van der Waals surface area contributed by atoms with Crippen LogP contribution >= 0.6 is 0 Å². The fourth-order valence-electron chi connectivity index (χ4n) is 1.01. The zero-order valence-corrected chi connectivity index (χ0v) is 8.64. The van der Waals surface area contributed by atoms with Gasteiger partial charge in [-0.1, -0.05) is 0 Å². The summed E-state index contributed by atoms with van der Waals surface area (Å²) in [5.41, 5.74) is 5.23. The first-order chi connectivity index (χ1) is 6.69. The van der Waals surface area contributed by atoms with E-state index in [4.69, 9.17) is 10.5 Å². The van der Waals surface area contributed by atoms with Gasteiger partial charge >= 0.3 is 0 Å².